The van der Waals surface area contributed by atoms with Gasteiger partial charge in [0.05, 0.1) is 12.7 Å². The molecule has 0 aliphatic heterocycles. The first-order chi connectivity index (χ1) is 11.9. The first-order valence-electron chi connectivity index (χ1n) is 6.94. The number of fused-ring (bicyclic) bond motifs is 2. The minimum atomic E-state index is 0.106. The Hall–Kier alpha value is -1.74. The molecular weight excluding hydrogens is 410 g/mol. The Morgan fingerprint density at radius 3 is 2.32 bits per heavy atom. The molecule has 0 bridgehead atoms. The Kier molecular flexibility index (Phi) is 5.24. The van der Waals surface area contributed by atoms with E-state index in [4.69, 9.17) is 46.4 Å². The molecule has 0 unspecified atom stereocenters. The van der Waals surface area contributed by atoms with Gasteiger partial charge in [0.2, 0.25) is 10.6 Å². The van der Waals surface area contributed by atoms with Gasteiger partial charge in [0.1, 0.15) is 11.0 Å². The second-order valence-corrected chi connectivity index (χ2v) is 6.48. The van der Waals surface area contributed by atoms with Gasteiger partial charge in [-0.3, -0.25) is 0 Å². The number of imidazole rings is 2. The van der Waals surface area contributed by atoms with E-state index in [9.17, 15) is 0 Å². The van der Waals surface area contributed by atoms with Gasteiger partial charge in [0.25, 0.3) is 0 Å². The predicted octanol–water partition coefficient (Wildman–Crippen LogP) is 4.37. The van der Waals surface area contributed by atoms with Crippen LogP contribution in [0.25, 0.3) is 22.3 Å². The van der Waals surface area contributed by atoms with Crippen LogP contribution in [0.1, 0.15) is 19.9 Å². The third-order valence-electron chi connectivity index (χ3n) is 3.12. The van der Waals surface area contributed by atoms with Crippen molar-refractivity contribution in [3.63, 3.8) is 0 Å². The van der Waals surface area contributed by atoms with E-state index < -0.39 is 0 Å². The highest BCUT2D eigenvalue weighted by molar-refractivity contribution is 6.35. The monoisotopic (exact) mass is 418 g/mol. The zero-order chi connectivity index (χ0) is 18.1. The summed E-state index contributed by atoms with van der Waals surface area (Å²) >= 11 is 22.8. The van der Waals surface area contributed by atoms with Crippen molar-refractivity contribution < 1.29 is 0 Å². The summed E-state index contributed by atoms with van der Waals surface area (Å²) in [6.07, 6.45) is 3.17. The molecule has 0 fully saturated rings. The molecule has 0 aromatic carbocycles. The smallest absolute Gasteiger partial charge is 0.225 e. The zero-order valence-electron chi connectivity index (χ0n) is 12.9. The second kappa shape index (κ2) is 7.25. The van der Waals surface area contributed by atoms with Gasteiger partial charge in [-0.05, 0) is 37.0 Å². The molecule has 4 rings (SSSR count). The van der Waals surface area contributed by atoms with E-state index in [1.165, 1.54) is 6.33 Å². The lowest BCUT2D eigenvalue weighted by Gasteiger charge is -2.06. The van der Waals surface area contributed by atoms with Crippen LogP contribution in [-0.4, -0.2) is 39.5 Å². The summed E-state index contributed by atoms with van der Waals surface area (Å²) in [6.45, 7) is 4.07. The lowest BCUT2D eigenvalue weighted by molar-refractivity contribution is 0.612. The Morgan fingerprint density at radius 1 is 0.920 bits per heavy atom. The maximum absolute atomic E-state index is 5.87. The van der Waals surface area contributed by atoms with Gasteiger partial charge in [-0.15, -0.1) is 0 Å². The zero-order valence-corrected chi connectivity index (χ0v) is 15.9. The molecule has 0 radical (unpaired) electrons. The summed E-state index contributed by atoms with van der Waals surface area (Å²) in [5, 5.41) is 0.830. The highest BCUT2D eigenvalue weighted by Gasteiger charge is 2.12. The van der Waals surface area contributed by atoms with Crippen LogP contribution >= 0.6 is 46.4 Å². The second-order valence-electron chi connectivity index (χ2n) is 5.09. The molecule has 0 saturated carbocycles. The largest absolute Gasteiger partial charge is 0.341 e. The van der Waals surface area contributed by atoms with E-state index in [1.807, 2.05) is 18.4 Å². The average molecular weight is 420 g/mol. The SMILES string of the molecule is CC(C)n1cnc2c(Cl)nc(Cl)nc21.Clc1nc(Cl)c2[nH]cnc2n1. The van der Waals surface area contributed by atoms with Gasteiger partial charge in [0.15, 0.2) is 21.6 Å². The molecule has 0 spiro atoms. The molecule has 12 heteroatoms. The standard InChI is InChI=1S/C8H8Cl2N4.C5H2Cl2N4/c1-4(2)14-3-11-5-6(9)12-8(10)13-7(5)14;6-3-2-4(9-1-8-2)11-5(7)10-3/h3-4H,1-2H3;1H,(H,8,9,10,11). The fourth-order valence-electron chi connectivity index (χ4n) is 2.01. The molecule has 4 heterocycles. The Labute approximate surface area is 161 Å². The lowest BCUT2D eigenvalue weighted by atomic mass is 10.4. The van der Waals surface area contributed by atoms with Gasteiger partial charge < -0.3 is 9.55 Å². The number of rotatable bonds is 1. The molecular formula is C13H10Cl4N8. The summed E-state index contributed by atoms with van der Waals surface area (Å²) in [5.74, 6) is 0. The fourth-order valence-corrected chi connectivity index (χ4v) is 2.86. The van der Waals surface area contributed by atoms with Crippen molar-refractivity contribution in [1.29, 1.82) is 0 Å². The highest BCUT2D eigenvalue weighted by atomic mass is 35.5. The molecule has 0 aliphatic carbocycles. The maximum atomic E-state index is 5.87. The number of H-pyrrole nitrogens is 1. The van der Waals surface area contributed by atoms with Crippen LogP contribution in [0.3, 0.4) is 0 Å². The van der Waals surface area contributed by atoms with Crippen molar-refractivity contribution in [3.05, 3.63) is 33.5 Å². The third-order valence-corrected chi connectivity index (χ3v) is 4.00. The number of nitrogens with zero attached hydrogens (tertiary/aromatic N) is 7. The number of hydrogen-bond donors (Lipinski definition) is 1. The number of nitrogens with one attached hydrogen (secondary N) is 1. The van der Waals surface area contributed by atoms with Gasteiger partial charge in [-0.25, -0.2) is 19.9 Å². The third kappa shape index (κ3) is 3.77. The van der Waals surface area contributed by atoms with Gasteiger partial charge >= 0.3 is 0 Å². The number of aromatic amines is 1. The minimum Gasteiger partial charge on any atom is -0.341 e. The van der Waals surface area contributed by atoms with Gasteiger partial charge in [-0.1, -0.05) is 23.2 Å². The van der Waals surface area contributed by atoms with Crippen LogP contribution in [0.4, 0.5) is 0 Å². The van der Waals surface area contributed by atoms with Crippen LogP contribution in [0.2, 0.25) is 20.9 Å². The minimum absolute atomic E-state index is 0.106. The molecule has 0 amide bonds. The van der Waals surface area contributed by atoms with Crippen molar-refractivity contribution in [3.8, 4) is 0 Å². The molecule has 0 saturated heterocycles. The van der Waals surface area contributed by atoms with Crippen LogP contribution in [0.15, 0.2) is 12.7 Å². The quantitative estimate of drug-likeness (QED) is 0.363. The molecule has 1 N–H and O–H groups in total. The van der Waals surface area contributed by atoms with Crippen molar-refractivity contribution in [2.45, 2.75) is 19.9 Å². The van der Waals surface area contributed by atoms with Crippen molar-refractivity contribution in [1.82, 2.24) is 39.5 Å². The predicted molar refractivity (Wildman–Crippen MR) is 97.4 cm³/mol. The van der Waals surface area contributed by atoms with Crippen LogP contribution in [0, 0.1) is 0 Å². The van der Waals surface area contributed by atoms with E-state index >= 15 is 0 Å². The average Bonchev–Trinajstić information content (AvgIpc) is 3.14. The van der Waals surface area contributed by atoms with E-state index in [0.717, 1.165) is 0 Å². The topological polar surface area (TPSA) is 98.1 Å². The first kappa shape index (κ1) is 18.1. The molecule has 0 atom stereocenters. The summed E-state index contributed by atoms with van der Waals surface area (Å²) in [5.41, 5.74) is 2.35. The Bertz CT molecular complexity index is 1040. The van der Waals surface area contributed by atoms with Crippen molar-refractivity contribution in [2.24, 2.45) is 0 Å². The number of hydrogen-bond acceptors (Lipinski definition) is 6. The molecule has 0 aliphatic rings. The Morgan fingerprint density at radius 2 is 1.60 bits per heavy atom. The highest BCUT2D eigenvalue weighted by Crippen LogP contribution is 2.22. The van der Waals surface area contributed by atoms with E-state index in [0.29, 0.717) is 27.5 Å². The number of halogens is 4. The summed E-state index contributed by atoms with van der Waals surface area (Å²) in [6, 6.07) is 0.266. The van der Waals surface area contributed by atoms with Crippen LogP contribution < -0.4 is 0 Å². The van der Waals surface area contributed by atoms with Gasteiger partial charge in [-0.2, -0.15) is 9.97 Å². The fraction of sp³-hybridized carbons (Fsp3) is 0.231. The van der Waals surface area contributed by atoms with E-state index in [2.05, 4.69) is 34.9 Å². The van der Waals surface area contributed by atoms with Crippen LogP contribution in [0.5, 0.6) is 0 Å². The number of aromatic nitrogens is 8. The van der Waals surface area contributed by atoms with Crippen LogP contribution in [-0.2, 0) is 0 Å². The molecule has 8 nitrogen and oxygen atoms in total. The summed E-state index contributed by atoms with van der Waals surface area (Å²) in [4.78, 5) is 26.2. The lowest BCUT2D eigenvalue weighted by Crippen LogP contribution is -2.00. The first-order valence-corrected chi connectivity index (χ1v) is 8.45. The van der Waals surface area contributed by atoms with E-state index in [1.54, 1.807) is 6.33 Å². The molecule has 4 aromatic rings. The van der Waals surface area contributed by atoms with E-state index in [-0.39, 0.29) is 21.8 Å². The maximum Gasteiger partial charge on any atom is 0.225 e. The summed E-state index contributed by atoms with van der Waals surface area (Å²) in [7, 11) is 0. The molecule has 130 valence electrons. The van der Waals surface area contributed by atoms with Gasteiger partial charge in [0, 0.05) is 6.04 Å². The van der Waals surface area contributed by atoms with Crippen molar-refractivity contribution in [2.75, 3.05) is 0 Å². The summed E-state index contributed by atoms with van der Waals surface area (Å²) < 4.78 is 1.90. The molecule has 4 aromatic heterocycles. The van der Waals surface area contributed by atoms with Crippen molar-refractivity contribution >= 4 is 68.7 Å². The normalized spacial score (nSPS) is 11.2. The molecule has 25 heavy (non-hydrogen) atoms. The Balaban J connectivity index is 0.000000150.